The molecule has 5 heteroatoms. The summed E-state index contributed by atoms with van der Waals surface area (Å²) in [6.07, 6.45) is 5.67. The number of carbonyl (C=O) groups is 1. The Morgan fingerprint density at radius 2 is 1.95 bits per heavy atom. The first-order valence-electron chi connectivity index (χ1n) is 5.57. The van der Waals surface area contributed by atoms with Crippen LogP contribution in [0.2, 0.25) is 0 Å². The molecule has 0 bridgehead atoms. The van der Waals surface area contributed by atoms with Gasteiger partial charge in [-0.05, 0) is 23.8 Å². The zero-order valence-electron chi connectivity index (χ0n) is 10.00. The Hall–Kier alpha value is -2.87. The van der Waals surface area contributed by atoms with Gasteiger partial charge in [-0.2, -0.15) is 0 Å². The third kappa shape index (κ3) is 3.54. The van der Waals surface area contributed by atoms with Gasteiger partial charge in [0, 0.05) is 30.4 Å². The van der Waals surface area contributed by atoms with Crippen LogP contribution in [-0.4, -0.2) is 27.7 Å². The minimum atomic E-state index is -1.09. The fraction of sp³-hybridized carbons (Fsp3) is 0.0714. The van der Waals surface area contributed by atoms with E-state index >= 15 is 0 Å². The molecule has 0 aliphatic heterocycles. The third-order valence-corrected chi connectivity index (χ3v) is 2.36. The van der Waals surface area contributed by atoms with E-state index in [9.17, 15) is 4.79 Å². The van der Waals surface area contributed by atoms with Crippen LogP contribution in [0.3, 0.4) is 0 Å². The molecule has 2 aromatic rings. The molecule has 0 radical (unpaired) electrons. The first kappa shape index (κ1) is 12.6. The second kappa shape index (κ2) is 6.17. The molecule has 0 saturated heterocycles. The van der Waals surface area contributed by atoms with Crippen LogP contribution >= 0.6 is 0 Å². The average molecular weight is 253 g/mol. The minimum absolute atomic E-state index is 0.0833. The number of carboxylic acid groups (broad SMARTS) is 1. The summed E-state index contributed by atoms with van der Waals surface area (Å²) in [5, 5.41) is 10.6. The fourth-order valence-corrected chi connectivity index (χ4v) is 1.54. The van der Waals surface area contributed by atoms with Gasteiger partial charge in [0.15, 0.2) is 0 Å². The van der Waals surface area contributed by atoms with Crippen LogP contribution in [0.25, 0.3) is 11.1 Å². The number of nitrogens with zero attached hydrogens (tertiary/aromatic N) is 2. The monoisotopic (exact) mass is 253 g/mol. The molecule has 0 unspecified atom stereocenters. The molecule has 0 saturated carbocycles. The van der Waals surface area contributed by atoms with Crippen molar-refractivity contribution < 1.29 is 9.90 Å². The van der Waals surface area contributed by atoms with Gasteiger partial charge in [0.25, 0.3) is 0 Å². The quantitative estimate of drug-likeness (QED) is 0.800. The molecule has 2 rings (SSSR count). The first-order valence-corrected chi connectivity index (χ1v) is 5.57. The van der Waals surface area contributed by atoms with Crippen LogP contribution in [0.4, 0.5) is 4.79 Å². The van der Waals surface area contributed by atoms with Crippen molar-refractivity contribution in [1.82, 2.24) is 15.3 Å². The second-order valence-electron chi connectivity index (χ2n) is 3.62. The maximum absolute atomic E-state index is 10.3. The standard InChI is InChI=1S/C14H11N3O2/c18-14(19)17-6-1-2-12-10-16-9-5-13(12)11-3-7-15-8-4-11/h3-5,7-10,17H,6H2,(H,18,19). The van der Waals surface area contributed by atoms with E-state index in [0.29, 0.717) is 0 Å². The molecule has 5 nitrogen and oxygen atoms in total. The summed E-state index contributed by atoms with van der Waals surface area (Å²) in [5.74, 6) is 5.65. The van der Waals surface area contributed by atoms with E-state index in [1.807, 2.05) is 18.2 Å². The van der Waals surface area contributed by atoms with Crippen molar-refractivity contribution in [3.8, 4) is 23.0 Å². The van der Waals surface area contributed by atoms with Crippen LogP contribution in [0.5, 0.6) is 0 Å². The van der Waals surface area contributed by atoms with Crippen LogP contribution in [0.15, 0.2) is 43.0 Å². The number of hydrogen-bond acceptors (Lipinski definition) is 3. The lowest BCUT2D eigenvalue weighted by molar-refractivity contribution is 0.196. The average Bonchev–Trinajstić information content (AvgIpc) is 2.45. The Kier molecular flexibility index (Phi) is 4.09. The van der Waals surface area contributed by atoms with Crippen molar-refractivity contribution in [2.45, 2.75) is 0 Å². The van der Waals surface area contributed by atoms with Gasteiger partial charge < -0.3 is 10.4 Å². The van der Waals surface area contributed by atoms with E-state index in [2.05, 4.69) is 27.1 Å². The topological polar surface area (TPSA) is 75.1 Å². The molecule has 0 atom stereocenters. The molecule has 0 aliphatic rings. The smallest absolute Gasteiger partial charge is 0.405 e. The van der Waals surface area contributed by atoms with Crippen molar-refractivity contribution in [2.24, 2.45) is 0 Å². The molecule has 0 spiro atoms. The van der Waals surface area contributed by atoms with E-state index in [1.54, 1.807) is 24.8 Å². The lowest BCUT2D eigenvalue weighted by Crippen LogP contribution is -2.20. The number of rotatable bonds is 2. The molecule has 2 heterocycles. The number of pyridine rings is 2. The predicted molar refractivity (Wildman–Crippen MR) is 70.4 cm³/mol. The fourth-order valence-electron chi connectivity index (χ4n) is 1.54. The summed E-state index contributed by atoms with van der Waals surface area (Å²) in [6.45, 7) is 0.0833. The Morgan fingerprint density at radius 3 is 2.68 bits per heavy atom. The van der Waals surface area contributed by atoms with Gasteiger partial charge in [0.05, 0.1) is 12.1 Å². The van der Waals surface area contributed by atoms with Gasteiger partial charge >= 0.3 is 6.09 Å². The zero-order chi connectivity index (χ0) is 13.5. The molecule has 94 valence electrons. The third-order valence-electron chi connectivity index (χ3n) is 2.36. The second-order valence-corrected chi connectivity index (χ2v) is 3.62. The predicted octanol–water partition coefficient (Wildman–Crippen LogP) is 1.76. The van der Waals surface area contributed by atoms with E-state index in [4.69, 9.17) is 5.11 Å². The maximum Gasteiger partial charge on any atom is 0.405 e. The van der Waals surface area contributed by atoms with Crippen molar-refractivity contribution in [2.75, 3.05) is 6.54 Å². The lowest BCUT2D eigenvalue weighted by Gasteiger charge is -2.03. The minimum Gasteiger partial charge on any atom is -0.465 e. The van der Waals surface area contributed by atoms with E-state index < -0.39 is 6.09 Å². The van der Waals surface area contributed by atoms with Crippen LogP contribution in [0.1, 0.15) is 5.56 Å². The van der Waals surface area contributed by atoms with E-state index in [-0.39, 0.29) is 6.54 Å². The SMILES string of the molecule is O=C(O)NCC#Cc1cnccc1-c1ccncc1. The lowest BCUT2D eigenvalue weighted by atomic mass is 10.0. The van der Waals surface area contributed by atoms with Crippen molar-refractivity contribution in [1.29, 1.82) is 0 Å². The number of amides is 1. The summed E-state index contributed by atoms with van der Waals surface area (Å²) in [5.41, 5.74) is 2.69. The summed E-state index contributed by atoms with van der Waals surface area (Å²) >= 11 is 0. The molecule has 0 fully saturated rings. The highest BCUT2D eigenvalue weighted by Gasteiger charge is 2.02. The van der Waals surface area contributed by atoms with Gasteiger partial charge in [0.2, 0.25) is 0 Å². The Balaban J connectivity index is 2.24. The van der Waals surface area contributed by atoms with Crippen LogP contribution in [-0.2, 0) is 0 Å². The Labute approximate surface area is 110 Å². The van der Waals surface area contributed by atoms with Crippen molar-refractivity contribution in [3.63, 3.8) is 0 Å². The van der Waals surface area contributed by atoms with Gasteiger partial charge in [-0.25, -0.2) is 4.79 Å². The zero-order valence-corrected chi connectivity index (χ0v) is 10.00. The maximum atomic E-state index is 10.3. The molecule has 2 aromatic heterocycles. The van der Waals surface area contributed by atoms with Gasteiger partial charge in [0.1, 0.15) is 0 Å². The summed E-state index contributed by atoms with van der Waals surface area (Å²) in [7, 11) is 0. The van der Waals surface area contributed by atoms with Crippen molar-refractivity contribution >= 4 is 6.09 Å². The summed E-state index contributed by atoms with van der Waals surface area (Å²) in [4.78, 5) is 18.3. The molecule has 1 amide bonds. The van der Waals surface area contributed by atoms with E-state index in [0.717, 1.165) is 16.7 Å². The highest BCUT2D eigenvalue weighted by Crippen LogP contribution is 2.20. The molecular weight excluding hydrogens is 242 g/mol. The highest BCUT2D eigenvalue weighted by molar-refractivity contribution is 5.70. The van der Waals surface area contributed by atoms with E-state index in [1.165, 1.54) is 0 Å². The number of aromatic nitrogens is 2. The summed E-state index contributed by atoms with van der Waals surface area (Å²) in [6, 6.07) is 5.63. The highest BCUT2D eigenvalue weighted by atomic mass is 16.4. The first-order chi connectivity index (χ1) is 9.27. The van der Waals surface area contributed by atoms with Gasteiger partial charge in [-0.3, -0.25) is 9.97 Å². The largest absolute Gasteiger partial charge is 0.465 e. The number of nitrogens with one attached hydrogen (secondary N) is 1. The summed E-state index contributed by atoms with van der Waals surface area (Å²) < 4.78 is 0. The Morgan fingerprint density at radius 1 is 1.21 bits per heavy atom. The van der Waals surface area contributed by atoms with Crippen LogP contribution in [0, 0.1) is 11.8 Å². The van der Waals surface area contributed by atoms with Gasteiger partial charge in [-0.1, -0.05) is 11.8 Å². The van der Waals surface area contributed by atoms with Crippen molar-refractivity contribution in [3.05, 3.63) is 48.5 Å². The number of hydrogen-bond donors (Lipinski definition) is 2. The van der Waals surface area contributed by atoms with Gasteiger partial charge in [-0.15, -0.1) is 0 Å². The Bertz CT molecular complexity index is 630. The molecule has 19 heavy (non-hydrogen) atoms. The normalized spacial score (nSPS) is 9.26. The molecular formula is C14H11N3O2. The molecule has 0 aliphatic carbocycles. The molecule has 0 aromatic carbocycles. The van der Waals surface area contributed by atoms with Crippen LogP contribution < -0.4 is 5.32 Å². The molecule has 2 N–H and O–H groups in total.